The van der Waals surface area contributed by atoms with Gasteiger partial charge >= 0.3 is 23.5 Å². The number of anilines is 1. The number of phosphoric acid groups is 3. The second kappa shape index (κ2) is 43.2. The molecule has 470 valence electrons. The number of fused-ring (bicyclic) bond motifs is 1. The van der Waals surface area contributed by atoms with E-state index in [2.05, 4.69) is 52.6 Å². The third-order valence-corrected chi connectivity index (χ3v) is 18.8. The lowest BCUT2D eigenvalue weighted by Crippen LogP contribution is -2.34. The number of aliphatic hydroxyl groups excluding tert-OH is 2. The van der Waals surface area contributed by atoms with Crippen LogP contribution in [0.1, 0.15) is 264 Å². The second-order valence-corrected chi connectivity index (χ2v) is 26.6. The molecule has 3 rings (SSSR count). The first-order valence-corrected chi connectivity index (χ1v) is 35.7. The molecular formula is C56H106N7O15P3. The Balaban J connectivity index is 1.32. The molecule has 0 aromatic carbocycles. The number of unbranched alkanes of at least 4 members (excludes halogenated alkanes) is 33. The van der Waals surface area contributed by atoms with Crippen LogP contribution in [-0.2, 0) is 41.2 Å². The molecule has 25 heteroatoms. The van der Waals surface area contributed by atoms with Crippen molar-refractivity contribution in [2.24, 2.45) is 0 Å². The third kappa shape index (κ3) is 33.8. The van der Waals surface area contributed by atoms with Crippen LogP contribution in [0.25, 0.3) is 11.2 Å². The fourth-order valence-electron chi connectivity index (χ4n) is 10.3. The van der Waals surface area contributed by atoms with Crippen molar-refractivity contribution < 1.29 is 71.0 Å². The molecule has 2 aromatic heterocycles. The number of phosphoric ester groups is 1. The summed E-state index contributed by atoms with van der Waals surface area (Å²) in [6.07, 6.45) is 42.1. The van der Waals surface area contributed by atoms with Crippen molar-refractivity contribution in [3.05, 3.63) is 12.7 Å². The summed E-state index contributed by atoms with van der Waals surface area (Å²) in [5.41, 5.74) is 0.539. The van der Waals surface area contributed by atoms with Gasteiger partial charge in [0.05, 0.1) is 12.9 Å². The molecule has 3 heterocycles. The molecule has 0 radical (unpaired) electrons. The van der Waals surface area contributed by atoms with Crippen LogP contribution in [-0.4, -0.2) is 117 Å². The zero-order chi connectivity index (χ0) is 59.0. The van der Waals surface area contributed by atoms with E-state index >= 15 is 0 Å². The molecule has 0 aliphatic carbocycles. The maximum absolute atomic E-state index is 13.5. The van der Waals surface area contributed by atoms with Gasteiger partial charge in [-0.1, -0.05) is 219 Å². The fourth-order valence-corrected chi connectivity index (χ4v) is 13.3. The van der Waals surface area contributed by atoms with Crippen molar-refractivity contribution in [1.82, 2.24) is 29.7 Å². The van der Waals surface area contributed by atoms with E-state index in [4.69, 9.17) is 14.5 Å². The monoisotopic (exact) mass is 1210 g/mol. The summed E-state index contributed by atoms with van der Waals surface area (Å²) in [5.74, 6) is 0.370. The largest absolute Gasteiger partial charge is 0.490 e. The van der Waals surface area contributed by atoms with Gasteiger partial charge in [0.25, 0.3) is 0 Å². The predicted molar refractivity (Wildman–Crippen MR) is 316 cm³/mol. The Morgan fingerprint density at radius 2 is 1.01 bits per heavy atom. The van der Waals surface area contributed by atoms with Crippen molar-refractivity contribution in [3.63, 3.8) is 0 Å². The molecule has 2 amide bonds. The Bertz CT molecular complexity index is 2090. The van der Waals surface area contributed by atoms with Gasteiger partial charge in [0.2, 0.25) is 11.8 Å². The molecule has 0 spiro atoms. The van der Waals surface area contributed by atoms with Gasteiger partial charge in [0.1, 0.15) is 24.6 Å². The van der Waals surface area contributed by atoms with Crippen molar-refractivity contribution >= 4 is 52.3 Å². The fraction of sp³-hybridized carbons (Fsp3) is 0.875. The summed E-state index contributed by atoms with van der Waals surface area (Å²) in [7, 11) is -16.9. The minimum atomic E-state index is -5.77. The topological polar surface area (TPSA) is 315 Å². The van der Waals surface area contributed by atoms with Crippen LogP contribution < -0.4 is 10.6 Å². The van der Waals surface area contributed by atoms with Gasteiger partial charge in [-0.3, -0.25) is 18.7 Å². The van der Waals surface area contributed by atoms with Crippen LogP contribution in [0, 0.1) is 0 Å². The lowest BCUT2D eigenvalue weighted by molar-refractivity contribution is -0.133. The Morgan fingerprint density at radius 3 is 1.48 bits per heavy atom. The van der Waals surface area contributed by atoms with Gasteiger partial charge in [-0.2, -0.15) is 8.62 Å². The van der Waals surface area contributed by atoms with Crippen LogP contribution in [0.4, 0.5) is 5.82 Å². The summed E-state index contributed by atoms with van der Waals surface area (Å²) < 4.78 is 53.7. The summed E-state index contributed by atoms with van der Waals surface area (Å²) in [4.78, 5) is 78.0. The van der Waals surface area contributed by atoms with E-state index in [1.54, 1.807) is 0 Å². The molecule has 0 saturated carbocycles. The van der Waals surface area contributed by atoms with Crippen LogP contribution in [0.3, 0.4) is 0 Å². The van der Waals surface area contributed by atoms with Crippen molar-refractivity contribution in [1.29, 1.82) is 0 Å². The van der Waals surface area contributed by atoms with Crippen molar-refractivity contribution in [2.75, 3.05) is 38.1 Å². The van der Waals surface area contributed by atoms with Crippen molar-refractivity contribution in [2.45, 2.75) is 282 Å². The van der Waals surface area contributed by atoms with Gasteiger partial charge in [-0.25, -0.2) is 28.6 Å². The van der Waals surface area contributed by atoms with Crippen molar-refractivity contribution in [3.8, 4) is 0 Å². The summed E-state index contributed by atoms with van der Waals surface area (Å²) in [5, 5.41) is 27.6. The van der Waals surface area contributed by atoms with E-state index in [-0.39, 0.29) is 30.3 Å². The first-order chi connectivity index (χ1) is 39.0. The average molecular weight is 1210 g/mol. The van der Waals surface area contributed by atoms with Gasteiger partial charge < -0.3 is 50.1 Å². The molecule has 1 saturated heterocycles. The summed E-state index contributed by atoms with van der Waals surface area (Å²) in [6.45, 7) is 6.16. The first kappa shape index (κ1) is 72.8. The second-order valence-electron chi connectivity index (χ2n) is 22.2. The number of nitrogens with zero attached hydrogens (tertiary/aromatic N) is 5. The number of aliphatic hydroxyl groups is 2. The Hall–Kier alpha value is -2.42. The normalized spacial score (nSPS) is 18.1. The van der Waals surface area contributed by atoms with Crippen LogP contribution in [0.2, 0.25) is 0 Å². The van der Waals surface area contributed by atoms with Gasteiger partial charge in [0, 0.05) is 39.0 Å². The SMILES string of the molecule is CCCCCCCCCCCCCCCCCCN(CCCCCCCCCCCCCCCCCC)C(=O)CCC(=O)NCCCCCCNc1ncnc2c1ncn2[C@@H]1O[C@H](COP(=O)(O)OP(=O)(O)OP(=O)(O)O)[C@@H](O)[C@H]1O. The Morgan fingerprint density at radius 1 is 0.568 bits per heavy atom. The standard InChI is InChI=1S/C56H106N7O15P3/c1-3-5-7-9-11-13-15-17-19-21-23-25-27-29-33-37-43-62(44-38-34-30-28-26-24-22-20-18-16-14-12-10-8-6-4-2)50(65)40-39-49(64)57-41-35-31-32-36-42-58-54-51-55(60-46-59-54)63(47-61-51)56-53(67)52(66)48(76-56)45-75-80(71,72)78-81(73,74)77-79(68,69)70/h46-48,52-53,56,66-67H,3-45H2,1-2H3,(H,57,64)(H,71,72)(H,73,74)(H,58,59,60)(H2,68,69,70)/t48-,52-,53-,56-/m1/s1. The highest BCUT2D eigenvalue weighted by atomic mass is 31.3. The molecule has 1 fully saturated rings. The average Bonchev–Trinajstić information content (AvgIpc) is 4.19. The number of hydrogen-bond donors (Lipinski definition) is 8. The lowest BCUT2D eigenvalue weighted by Gasteiger charge is -2.23. The lowest BCUT2D eigenvalue weighted by atomic mass is 10.0. The van der Waals surface area contributed by atoms with E-state index in [1.807, 2.05) is 4.90 Å². The van der Waals surface area contributed by atoms with E-state index in [1.165, 1.54) is 197 Å². The zero-order valence-corrected chi connectivity index (χ0v) is 52.0. The van der Waals surface area contributed by atoms with E-state index in [0.717, 1.165) is 64.5 Å². The molecule has 0 bridgehead atoms. The maximum Gasteiger partial charge on any atom is 0.490 e. The van der Waals surface area contributed by atoms with Gasteiger partial charge in [0.15, 0.2) is 23.2 Å². The number of amides is 2. The smallest absolute Gasteiger partial charge is 0.387 e. The Labute approximate surface area is 484 Å². The number of carbonyl (C=O) groups excluding carboxylic acids is 2. The van der Waals surface area contributed by atoms with E-state index in [9.17, 15) is 43.3 Å². The maximum atomic E-state index is 13.5. The number of nitrogens with one attached hydrogen (secondary N) is 2. The minimum Gasteiger partial charge on any atom is -0.387 e. The van der Waals surface area contributed by atoms with Crippen LogP contribution >= 0.6 is 23.5 Å². The molecule has 22 nitrogen and oxygen atoms in total. The number of rotatable bonds is 53. The highest BCUT2D eigenvalue weighted by molar-refractivity contribution is 7.66. The van der Waals surface area contributed by atoms with Gasteiger partial charge in [-0.05, 0) is 25.7 Å². The molecular weight excluding hydrogens is 1100 g/mol. The zero-order valence-electron chi connectivity index (χ0n) is 49.3. The number of carbonyl (C=O) groups is 2. The molecule has 2 unspecified atom stereocenters. The van der Waals surface area contributed by atoms with Gasteiger partial charge in [-0.15, -0.1) is 0 Å². The number of ether oxygens (including phenoxy) is 1. The van der Waals surface area contributed by atoms with Crippen LogP contribution in [0.5, 0.6) is 0 Å². The third-order valence-electron chi connectivity index (χ3n) is 15.0. The highest BCUT2D eigenvalue weighted by Gasteiger charge is 2.47. The summed E-state index contributed by atoms with van der Waals surface area (Å²) in [6, 6.07) is 0. The first-order valence-electron chi connectivity index (χ1n) is 31.2. The molecule has 81 heavy (non-hydrogen) atoms. The minimum absolute atomic E-state index is 0.0813. The molecule has 6 atom stereocenters. The number of imidazole rings is 1. The molecule has 1 aliphatic rings. The molecule has 1 aliphatic heterocycles. The molecule has 2 aromatic rings. The quantitative estimate of drug-likeness (QED) is 0.0225. The number of hydrogen-bond acceptors (Lipinski definition) is 15. The van der Waals surface area contributed by atoms with Crippen LogP contribution in [0.15, 0.2) is 12.7 Å². The summed E-state index contributed by atoms with van der Waals surface area (Å²) >= 11 is 0. The Kier molecular flexibility index (Phi) is 38.9. The number of aromatic nitrogens is 4. The predicted octanol–water partition coefficient (Wildman–Crippen LogP) is 13.0. The van der Waals surface area contributed by atoms with E-state index < -0.39 is 54.6 Å². The highest BCUT2D eigenvalue weighted by Crippen LogP contribution is 2.66. The molecule has 8 N–H and O–H groups in total. The van der Waals surface area contributed by atoms with E-state index in [0.29, 0.717) is 24.4 Å².